The SMILES string of the molecule is O=C(NO)c1cc(F)c2c(c1)CCN([C@H]1CCOC3(CNC3)C1)C2. The third-order valence-corrected chi connectivity index (χ3v) is 5.56. The molecule has 4 rings (SSSR count). The van der Waals surface area contributed by atoms with Crippen molar-refractivity contribution in [3.63, 3.8) is 0 Å². The lowest BCUT2D eigenvalue weighted by Crippen LogP contribution is -2.65. The number of halogens is 1. The van der Waals surface area contributed by atoms with Crippen LogP contribution in [0.3, 0.4) is 0 Å². The van der Waals surface area contributed by atoms with Crippen LogP contribution in [0.5, 0.6) is 0 Å². The largest absolute Gasteiger partial charge is 0.372 e. The topological polar surface area (TPSA) is 73.8 Å². The van der Waals surface area contributed by atoms with Gasteiger partial charge in [-0.25, -0.2) is 9.87 Å². The highest BCUT2D eigenvalue weighted by Gasteiger charge is 2.44. The minimum atomic E-state index is -0.678. The smallest absolute Gasteiger partial charge is 0.274 e. The molecule has 0 aromatic heterocycles. The molecule has 1 aromatic carbocycles. The number of benzene rings is 1. The maximum Gasteiger partial charge on any atom is 0.274 e. The summed E-state index contributed by atoms with van der Waals surface area (Å²) in [6, 6.07) is 3.30. The molecule has 2 saturated heterocycles. The van der Waals surface area contributed by atoms with Gasteiger partial charge in [-0.15, -0.1) is 0 Å². The molecule has 24 heavy (non-hydrogen) atoms. The summed E-state index contributed by atoms with van der Waals surface area (Å²) in [5.74, 6) is -1.05. The Hall–Kier alpha value is -1.54. The van der Waals surface area contributed by atoms with E-state index >= 15 is 0 Å². The standard InChI is InChI=1S/C17H22FN3O3/c18-15-6-12(16(22)20-23)5-11-1-3-21(8-14(11)15)13-2-4-24-17(7-13)9-19-10-17/h5-6,13,19,23H,1-4,7-10H2,(H,20,22)/t13-/m0/s1. The zero-order valence-electron chi connectivity index (χ0n) is 13.5. The highest BCUT2D eigenvalue weighted by Crippen LogP contribution is 2.34. The number of hydroxylamine groups is 1. The number of carbonyl (C=O) groups is 1. The Labute approximate surface area is 139 Å². The van der Waals surface area contributed by atoms with E-state index in [1.54, 1.807) is 11.5 Å². The van der Waals surface area contributed by atoms with Crippen LogP contribution in [-0.4, -0.2) is 53.9 Å². The monoisotopic (exact) mass is 335 g/mol. The first kappa shape index (κ1) is 16.0. The van der Waals surface area contributed by atoms with Gasteiger partial charge in [-0.2, -0.15) is 0 Å². The third kappa shape index (κ3) is 2.71. The highest BCUT2D eigenvalue weighted by atomic mass is 19.1. The van der Waals surface area contributed by atoms with Crippen molar-refractivity contribution in [2.75, 3.05) is 26.2 Å². The maximum absolute atomic E-state index is 14.5. The number of carbonyl (C=O) groups excluding carboxylic acids is 1. The Balaban J connectivity index is 1.52. The van der Waals surface area contributed by atoms with Crippen molar-refractivity contribution in [3.8, 4) is 0 Å². The van der Waals surface area contributed by atoms with Gasteiger partial charge >= 0.3 is 0 Å². The van der Waals surface area contributed by atoms with E-state index in [0.29, 0.717) is 24.6 Å². The second-order valence-corrected chi connectivity index (χ2v) is 7.04. The second kappa shape index (κ2) is 6.07. The predicted molar refractivity (Wildman–Crippen MR) is 84.3 cm³/mol. The molecule has 3 heterocycles. The lowest BCUT2D eigenvalue weighted by Gasteiger charge is -2.50. The van der Waals surface area contributed by atoms with Crippen LogP contribution in [-0.2, 0) is 17.7 Å². The molecule has 7 heteroatoms. The zero-order chi connectivity index (χ0) is 16.7. The quantitative estimate of drug-likeness (QED) is 0.551. The molecule has 130 valence electrons. The van der Waals surface area contributed by atoms with Gasteiger partial charge in [-0.1, -0.05) is 0 Å². The molecule has 0 aliphatic carbocycles. The van der Waals surface area contributed by atoms with Crippen LogP contribution in [0.1, 0.15) is 34.3 Å². The van der Waals surface area contributed by atoms with E-state index in [4.69, 9.17) is 9.94 Å². The Kier molecular flexibility index (Phi) is 4.04. The second-order valence-electron chi connectivity index (χ2n) is 7.04. The molecule has 0 radical (unpaired) electrons. The van der Waals surface area contributed by atoms with E-state index in [1.165, 1.54) is 6.07 Å². The van der Waals surface area contributed by atoms with Crippen LogP contribution < -0.4 is 10.8 Å². The summed E-state index contributed by atoms with van der Waals surface area (Å²) in [6.07, 6.45) is 2.67. The number of nitrogens with zero attached hydrogens (tertiary/aromatic N) is 1. The first-order chi connectivity index (χ1) is 11.6. The summed E-state index contributed by atoms with van der Waals surface area (Å²) in [5, 5.41) is 12.0. The lowest BCUT2D eigenvalue weighted by molar-refractivity contribution is -0.134. The molecule has 3 aliphatic rings. The van der Waals surface area contributed by atoms with Gasteiger partial charge in [-0.05, 0) is 37.0 Å². The van der Waals surface area contributed by atoms with E-state index in [9.17, 15) is 9.18 Å². The minimum absolute atomic E-state index is 0.0230. The fourth-order valence-electron chi connectivity index (χ4n) is 4.11. The van der Waals surface area contributed by atoms with Gasteiger partial charge in [0.25, 0.3) is 5.91 Å². The lowest BCUT2D eigenvalue weighted by atomic mass is 9.84. The fourth-order valence-corrected chi connectivity index (χ4v) is 4.11. The van der Waals surface area contributed by atoms with Gasteiger partial charge in [0.1, 0.15) is 5.82 Å². The van der Waals surface area contributed by atoms with Crippen LogP contribution in [0.25, 0.3) is 0 Å². The van der Waals surface area contributed by atoms with E-state index in [-0.39, 0.29) is 17.0 Å². The third-order valence-electron chi connectivity index (χ3n) is 5.56. The van der Waals surface area contributed by atoms with Gasteiger partial charge in [-0.3, -0.25) is 14.9 Å². The van der Waals surface area contributed by atoms with E-state index in [1.807, 2.05) is 0 Å². The molecule has 3 aliphatic heterocycles. The molecule has 1 atom stereocenters. The van der Waals surface area contributed by atoms with Crippen LogP contribution in [0, 0.1) is 5.82 Å². The van der Waals surface area contributed by atoms with E-state index < -0.39 is 5.91 Å². The van der Waals surface area contributed by atoms with Gasteiger partial charge < -0.3 is 10.1 Å². The van der Waals surface area contributed by atoms with Gasteiger partial charge in [0.15, 0.2) is 0 Å². The number of hydrogen-bond acceptors (Lipinski definition) is 5. The average molecular weight is 335 g/mol. The fraction of sp³-hybridized carbons (Fsp3) is 0.588. The van der Waals surface area contributed by atoms with Crippen LogP contribution >= 0.6 is 0 Å². The summed E-state index contributed by atoms with van der Waals surface area (Å²) >= 11 is 0. The Morgan fingerprint density at radius 3 is 3.00 bits per heavy atom. The van der Waals surface area contributed by atoms with Crippen molar-refractivity contribution < 1.29 is 19.1 Å². The molecule has 3 N–H and O–H groups in total. The van der Waals surface area contributed by atoms with Crippen LogP contribution in [0.15, 0.2) is 12.1 Å². The Morgan fingerprint density at radius 2 is 2.29 bits per heavy atom. The van der Waals surface area contributed by atoms with Crippen molar-refractivity contribution in [2.24, 2.45) is 0 Å². The summed E-state index contributed by atoms with van der Waals surface area (Å²) < 4.78 is 20.4. The molecule has 1 amide bonds. The Morgan fingerprint density at radius 1 is 1.46 bits per heavy atom. The van der Waals surface area contributed by atoms with Gasteiger partial charge in [0, 0.05) is 50.0 Å². The summed E-state index contributed by atoms with van der Waals surface area (Å²) in [7, 11) is 0. The number of amides is 1. The molecule has 0 unspecified atom stereocenters. The number of nitrogens with one attached hydrogen (secondary N) is 2. The molecule has 0 bridgehead atoms. The molecule has 0 saturated carbocycles. The van der Waals surface area contributed by atoms with Crippen molar-refractivity contribution >= 4 is 5.91 Å². The van der Waals surface area contributed by atoms with Crippen LogP contribution in [0.2, 0.25) is 0 Å². The van der Waals surface area contributed by atoms with Crippen molar-refractivity contribution in [3.05, 3.63) is 34.6 Å². The van der Waals surface area contributed by atoms with Gasteiger partial charge in [0.2, 0.25) is 0 Å². The van der Waals surface area contributed by atoms with E-state index in [2.05, 4.69) is 10.2 Å². The van der Waals surface area contributed by atoms with E-state index in [0.717, 1.165) is 44.6 Å². The van der Waals surface area contributed by atoms with Crippen molar-refractivity contribution in [1.82, 2.24) is 15.7 Å². The first-order valence-electron chi connectivity index (χ1n) is 8.45. The number of fused-ring (bicyclic) bond motifs is 1. The molecule has 1 aromatic rings. The van der Waals surface area contributed by atoms with Crippen molar-refractivity contribution in [2.45, 2.75) is 37.5 Å². The summed E-state index contributed by atoms with van der Waals surface area (Å²) in [4.78, 5) is 13.9. The molecule has 6 nitrogen and oxygen atoms in total. The number of rotatable bonds is 2. The zero-order valence-corrected chi connectivity index (χ0v) is 13.5. The molecule has 2 fully saturated rings. The number of ether oxygens (including phenoxy) is 1. The summed E-state index contributed by atoms with van der Waals surface area (Å²) in [5.41, 5.74) is 3.23. The minimum Gasteiger partial charge on any atom is -0.372 e. The molecular weight excluding hydrogens is 313 g/mol. The Bertz CT molecular complexity index is 663. The normalized spacial score (nSPS) is 25.8. The first-order valence-corrected chi connectivity index (χ1v) is 8.45. The highest BCUT2D eigenvalue weighted by molar-refractivity contribution is 5.93. The van der Waals surface area contributed by atoms with Crippen LogP contribution in [0.4, 0.5) is 4.39 Å². The number of hydrogen-bond donors (Lipinski definition) is 3. The summed E-state index contributed by atoms with van der Waals surface area (Å²) in [6.45, 7) is 3.98. The molecular formula is C17H22FN3O3. The van der Waals surface area contributed by atoms with Gasteiger partial charge in [0.05, 0.1) is 5.60 Å². The van der Waals surface area contributed by atoms with Crippen molar-refractivity contribution in [1.29, 1.82) is 0 Å². The predicted octanol–water partition coefficient (Wildman–Crippen LogP) is 0.824. The average Bonchev–Trinajstić information content (AvgIpc) is 2.59. The molecule has 1 spiro atoms. The maximum atomic E-state index is 14.5.